The third-order valence-corrected chi connectivity index (χ3v) is 1.71. The van der Waals surface area contributed by atoms with E-state index < -0.39 is 5.97 Å². The number of hydrogen-bond donors (Lipinski definition) is 2. The topological polar surface area (TPSA) is 71.3 Å². The predicted molar refractivity (Wildman–Crippen MR) is 53.2 cm³/mol. The van der Waals surface area contributed by atoms with Gasteiger partial charge in [-0.25, -0.2) is 4.79 Å². The molecule has 0 saturated carbocycles. The zero-order chi connectivity index (χ0) is 11.3. The first-order valence-corrected chi connectivity index (χ1v) is 4.22. The molecule has 1 aromatic heterocycles. The van der Waals surface area contributed by atoms with Crippen LogP contribution < -0.4 is 5.32 Å². The normalized spacial score (nSPS) is 9.27. The average Bonchev–Trinajstić information content (AvgIpc) is 2.63. The second-order valence-electron chi connectivity index (χ2n) is 2.86. The zero-order valence-corrected chi connectivity index (χ0v) is 7.93. The average molecular weight is 206 g/mol. The molecule has 0 aromatic carbocycles. The van der Waals surface area contributed by atoms with Crippen molar-refractivity contribution in [3.8, 4) is 12.3 Å². The second-order valence-corrected chi connectivity index (χ2v) is 2.86. The Morgan fingerprint density at radius 2 is 2.33 bits per heavy atom. The Morgan fingerprint density at radius 1 is 1.60 bits per heavy atom. The quantitative estimate of drug-likeness (QED) is 0.678. The summed E-state index contributed by atoms with van der Waals surface area (Å²) < 4.78 is 1.48. The number of aromatic carboxylic acids is 1. The maximum Gasteiger partial charge on any atom is 0.337 e. The van der Waals surface area contributed by atoms with E-state index in [1.807, 2.05) is 0 Å². The van der Waals surface area contributed by atoms with Crippen LogP contribution in [0.5, 0.6) is 0 Å². The summed E-state index contributed by atoms with van der Waals surface area (Å²) in [5, 5.41) is 11.1. The van der Waals surface area contributed by atoms with Crippen molar-refractivity contribution < 1.29 is 14.7 Å². The first-order chi connectivity index (χ1) is 7.13. The van der Waals surface area contributed by atoms with Gasteiger partial charge in [-0.1, -0.05) is 5.92 Å². The van der Waals surface area contributed by atoms with Gasteiger partial charge >= 0.3 is 5.97 Å². The number of carboxylic acid groups (broad SMARTS) is 1. The molecule has 1 aromatic rings. The summed E-state index contributed by atoms with van der Waals surface area (Å²) in [5.74, 6) is 1.01. The molecular formula is C10H10N2O3. The van der Waals surface area contributed by atoms with E-state index >= 15 is 0 Å². The van der Waals surface area contributed by atoms with Gasteiger partial charge in [0.25, 0.3) is 0 Å². The monoisotopic (exact) mass is 206 g/mol. The van der Waals surface area contributed by atoms with E-state index in [1.165, 1.54) is 23.0 Å². The number of amides is 1. The fourth-order valence-electron chi connectivity index (χ4n) is 1.04. The molecule has 0 atom stereocenters. The highest BCUT2D eigenvalue weighted by Crippen LogP contribution is 2.00. The highest BCUT2D eigenvalue weighted by Gasteiger charge is 2.06. The molecule has 0 radical (unpaired) electrons. The molecule has 1 amide bonds. The van der Waals surface area contributed by atoms with Crippen molar-refractivity contribution >= 4 is 11.9 Å². The lowest BCUT2D eigenvalue weighted by molar-refractivity contribution is -0.121. The molecule has 0 aliphatic carbocycles. The van der Waals surface area contributed by atoms with Gasteiger partial charge in [-0.2, -0.15) is 0 Å². The number of carbonyl (C=O) groups is 2. The zero-order valence-electron chi connectivity index (χ0n) is 7.93. The highest BCUT2D eigenvalue weighted by atomic mass is 16.4. The number of rotatable bonds is 4. The lowest BCUT2D eigenvalue weighted by Crippen LogP contribution is -2.27. The Labute approximate surface area is 86.7 Å². The lowest BCUT2D eigenvalue weighted by Gasteiger charge is -2.01. The van der Waals surface area contributed by atoms with E-state index in [2.05, 4.69) is 11.2 Å². The van der Waals surface area contributed by atoms with Gasteiger partial charge in [0.2, 0.25) is 5.91 Å². The molecule has 5 heteroatoms. The molecule has 2 N–H and O–H groups in total. The van der Waals surface area contributed by atoms with Crippen LogP contribution in [0.1, 0.15) is 10.4 Å². The fourth-order valence-corrected chi connectivity index (χ4v) is 1.04. The summed E-state index contributed by atoms with van der Waals surface area (Å²) in [7, 11) is 0. The van der Waals surface area contributed by atoms with Gasteiger partial charge in [0, 0.05) is 12.4 Å². The van der Waals surface area contributed by atoms with E-state index in [1.54, 1.807) is 0 Å². The SMILES string of the molecule is C#CCNC(=O)Cn1ccc(C(=O)O)c1. The van der Waals surface area contributed by atoms with E-state index in [-0.39, 0.29) is 24.6 Å². The summed E-state index contributed by atoms with van der Waals surface area (Å²) in [6.45, 7) is 0.237. The number of carbonyl (C=O) groups excluding carboxylic acids is 1. The summed E-state index contributed by atoms with van der Waals surface area (Å²) >= 11 is 0. The number of terminal acetylenes is 1. The van der Waals surface area contributed by atoms with Crippen LogP contribution in [0.2, 0.25) is 0 Å². The van der Waals surface area contributed by atoms with Crippen molar-refractivity contribution in [1.82, 2.24) is 9.88 Å². The molecule has 78 valence electrons. The summed E-state index contributed by atoms with van der Waals surface area (Å²) in [6.07, 6.45) is 7.88. The fraction of sp³-hybridized carbons (Fsp3) is 0.200. The van der Waals surface area contributed by atoms with E-state index in [0.717, 1.165) is 0 Å². The summed E-state index contributed by atoms with van der Waals surface area (Å²) in [4.78, 5) is 21.7. The first-order valence-electron chi connectivity index (χ1n) is 4.22. The van der Waals surface area contributed by atoms with Gasteiger partial charge in [-0.05, 0) is 6.07 Å². The van der Waals surface area contributed by atoms with Crippen LogP contribution in [0, 0.1) is 12.3 Å². The molecule has 0 aliphatic rings. The largest absolute Gasteiger partial charge is 0.478 e. The molecule has 1 heterocycles. The van der Waals surface area contributed by atoms with Crippen LogP contribution in [0.4, 0.5) is 0 Å². The van der Waals surface area contributed by atoms with Crippen LogP contribution >= 0.6 is 0 Å². The predicted octanol–water partition coefficient (Wildman–Crippen LogP) is -0.0643. The van der Waals surface area contributed by atoms with Crippen LogP contribution in [0.25, 0.3) is 0 Å². The highest BCUT2D eigenvalue weighted by molar-refractivity contribution is 5.87. The molecule has 0 aliphatic heterocycles. The Kier molecular flexibility index (Phi) is 3.52. The van der Waals surface area contributed by atoms with Gasteiger partial charge in [-0.3, -0.25) is 4.79 Å². The smallest absolute Gasteiger partial charge is 0.337 e. The number of aromatic nitrogens is 1. The molecule has 0 saturated heterocycles. The minimum atomic E-state index is -1.02. The van der Waals surface area contributed by atoms with Crippen molar-refractivity contribution in [2.75, 3.05) is 6.54 Å². The van der Waals surface area contributed by atoms with Crippen molar-refractivity contribution in [2.45, 2.75) is 6.54 Å². The molecule has 1 rings (SSSR count). The number of nitrogens with zero attached hydrogens (tertiary/aromatic N) is 1. The molecule has 0 bridgehead atoms. The van der Waals surface area contributed by atoms with E-state index in [0.29, 0.717) is 0 Å². The van der Waals surface area contributed by atoms with Crippen molar-refractivity contribution in [3.05, 3.63) is 24.0 Å². The number of nitrogens with one attached hydrogen (secondary N) is 1. The Bertz CT molecular complexity index is 415. The molecule has 0 unspecified atom stereocenters. The van der Waals surface area contributed by atoms with Gasteiger partial charge in [0.1, 0.15) is 6.54 Å². The van der Waals surface area contributed by atoms with Crippen LogP contribution in [-0.2, 0) is 11.3 Å². The second kappa shape index (κ2) is 4.86. The Balaban J connectivity index is 2.54. The Morgan fingerprint density at radius 3 is 2.87 bits per heavy atom. The van der Waals surface area contributed by atoms with E-state index in [4.69, 9.17) is 11.5 Å². The molecule has 0 fully saturated rings. The van der Waals surface area contributed by atoms with Crippen molar-refractivity contribution in [1.29, 1.82) is 0 Å². The standard InChI is InChI=1S/C10H10N2O3/c1-2-4-11-9(13)7-12-5-3-8(6-12)10(14)15/h1,3,5-6H,4,7H2,(H,11,13)(H,14,15). The minimum Gasteiger partial charge on any atom is -0.478 e. The van der Waals surface area contributed by atoms with Gasteiger partial charge < -0.3 is 15.0 Å². The van der Waals surface area contributed by atoms with Crippen LogP contribution in [-0.4, -0.2) is 28.1 Å². The van der Waals surface area contributed by atoms with Gasteiger partial charge in [0.15, 0.2) is 0 Å². The molecular weight excluding hydrogens is 196 g/mol. The summed E-state index contributed by atoms with van der Waals surface area (Å²) in [5.41, 5.74) is 0.153. The van der Waals surface area contributed by atoms with Crippen molar-refractivity contribution in [3.63, 3.8) is 0 Å². The van der Waals surface area contributed by atoms with Crippen LogP contribution in [0.15, 0.2) is 18.5 Å². The van der Waals surface area contributed by atoms with Crippen molar-refractivity contribution in [2.24, 2.45) is 0 Å². The molecule has 0 spiro atoms. The maximum atomic E-state index is 11.2. The van der Waals surface area contributed by atoms with Crippen LogP contribution in [0.3, 0.4) is 0 Å². The van der Waals surface area contributed by atoms with Gasteiger partial charge in [0.05, 0.1) is 12.1 Å². The summed E-state index contributed by atoms with van der Waals surface area (Å²) in [6, 6.07) is 1.43. The van der Waals surface area contributed by atoms with E-state index in [9.17, 15) is 9.59 Å². The maximum absolute atomic E-state index is 11.2. The first kappa shape index (κ1) is 10.9. The molecule has 5 nitrogen and oxygen atoms in total. The minimum absolute atomic E-state index is 0.0644. The number of carboxylic acids is 1. The Hall–Kier alpha value is -2.22. The van der Waals surface area contributed by atoms with Gasteiger partial charge in [-0.15, -0.1) is 6.42 Å². The number of hydrogen-bond acceptors (Lipinski definition) is 2. The lowest BCUT2D eigenvalue weighted by atomic mass is 10.4. The third kappa shape index (κ3) is 3.19. The third-order valence-electron chi connectivity index (χ3n) is 1.71. The molecule has 15 heavy (non-hydrogen) atoms.